The Balaban J connectivity index is 2.13. The summed E-state index contributed by atoms with van der Waals surface area (Å²) in [6.45, 7) is 0. The molecular weight excluding hydrogens is 326 g/mol. The molecule has 9 nitrogen and oxygen atoms in total. The first-order valence-electron chi connectivity index (χ1n) is 7.41. The van der Waals surface area contributed by atoms with Gasteiger partial charge in [-0.15, -0.1) is 0 Å². The van der Waals surface area contributed by atoms with E-state index in [9.17, 15) is 9.59 Å². The molecule has 1 aromatic carbocycles. The summed E-state index contributed by atoms with van der Waals surface area (Å²) in [5.74, 6) is 1.06. The van der Waals surface area contributed by atoms with E-state index < -0.39 is 11.0 Å². The molecule has 0 radical (unpaired) electrons. The van der Waals surface area contributed by atoms with Crippen LogP contribution >= 0.6 is 0 Å². The average Bonchev–Trinajstić information content (AvgIpc) is 2.58. The minimum absolute atomic E-state index is 0.0674. The van der Waals surface area contributed by atoms with Gasteiger partial charge in [-0.05, 0) is 17.7 Å². The molecule has 0 spiro atoms. The number of fused-ring (bicyclic) bond motifs is 1. The van der Waals surface area contributed by atoms with Gasteiger partial charge in [0.05, 0.1) is 14.2 Å². The van der Waals surface area contributed by atoms with E-state index in [0.29, 0.717) is 11.5 Å². The SMILES string of the molecule is COc1ccc(Cc2nn(C)c3nc(N)[nH]c(=O)c3c2=O)cc1OC. The Hall–Kier alpha value is -3.36. The van der Waals surface area contributed by atoms with Gasteiger partial charge in [-0.25, -0.2) is 4.68 Å². The molecule has 0 fully saturated rings. The monoisotopic (exact) mass is 343 g/mol. The molecule has 25 heavy (non-hydrogen) atoms. The number of benzene rings is 1. The lowest BCUT2D eigenvalue weighted by molar-refractivity contribution is 0.354. The largest absolute Gasteiger partial charge is 0.493 e. The van der Waals surface area contributed by atoms with Gasteiger partial charge in [-0.2, -0.15) is 10.1 Å². The second-order valence-corrected chi connectivity index (χ2v) is 5.42. The van der Waals surface area contributed by atoms with Crippen LogP contribution < -0.4 is 26.2 Å². The number of nitrogens with two attached hydrogens (primary N) is 1. The number of aryl methyl sites for hydroxylation is 1. The number of methoxy groups -OCH3 is 2. The standard InChI is InChI=1S/C16H17N5O4/c1-21-14-12(15(23)19-16(17)18-14)13(22)9(20-21)6-8-4-5-10(24-2)11(7-8)25-3/h4-5,7H,6H2,1-3H3,(H3,17,18,19,23). The highest BCUT2D eigenvalue weighted by atomic mass is 16.5. The fourth-order valence-corrected chi connectivity index (χ4v) is 2.63. The summed E-state index contributed by atoms with van der Waals surface area (Å²) in [6.07, 6.45) is 0.229. The molecule has 2 heterocycles. The van der Waals surface area contributed by atoms with E-state index >= 15 is 0 Å². The van der Waals surface area contributed by atoms with E-state index in [4.69, 9.17) is 15.2 Å². The number of nitrogen functional groups attached to an aromatic ring is 1. The molecule has 0 saturated carbocycles. The lowest BCUT2D eigenvalue weighted by atomic mass is 10.1. The highest BCUT2D eigenvalue weighted by Crippen LogP contribution is 2.28. The summed E-state index contributed by atoms with van der Waals surface area (Å²) in [5.41, 5.74) is 5.63. The van der Waals surface area contributed by atoms with Gasteiger partial charge in [0.2, 0.25) is 11.4 Å². The summed E-state index contributed by atoms with van der Waals surface area (Å²) in [5, 5.41) is 4.17. The molecule has 3 N–H and O–H groups in total. The van der Waals surface area contributed by atoms with Crippen molar-refractivity contribution in [2.45, 2.75) is 6.42 Å². The number of aromatic nitrogens is 4. The van der Waals surface area contributed by atoms with Crippen LogP contribution in [0.4, 0.5) is 5.95 Å². The van der Waals surface area contributed by atoms with Crippen LogP contribution in [0, 0.1) is 0 Å². The molecule has 0 aliphatic rings. The molecule has 3 aromatic rings. The maximum atomic E-state index is 12.7. The van der Waals surface area contributed by atoms with E-state index in [1.165, 1.54) is 11.8 Å². The maximum absolute atomic E-state index is 12.7. The molecule has 0 bridgehead atoms. The number of aromatic amines is 1. The Morgan fingerprint density at radius 2 is 1.92 bits per heavy atom. The molecular formula is C16H17N5O4. The first-order valence-corrected chi connectivity index (χ1v) is 7.41. The van der Waals surface area contributed by atoms with Crippen molar-refractivity contribution in [3.8, 4) is 11.5 Å². The molecule has 2 aromatic heterocycles. The third-order valence-electron chi connectivity index (χ3n) is 3.80. The van der Waals surface area contributed by atoms with Crippen molar-refractivity contribution in [1.82, 2.24) is 19.7 Å². The Labute approximate surface area is 142 Å². The van der Waals surface area contributed by atoms with Crippen LogP contribution in [0.1, 0.15) is 11.3 Å². The first-order chi connectivity index (χ1) is 11.9. The maximum Gasteiger partial charge on any atom is 0.265 e. The number of ether oxygens (including phenoxy) is 2. The fourth-order valence-electron chi connectivity index (χ4n) is 2.63. The topological polar surface area (TPSA) is 125 Å². The third-order valence-corrected chi connectivity index (χ3v) is 3.80. The molecule has 130 valence electrons. The first kappa shape index (κ1) is 16.5. The summed E-state index contributed by atoms with van der Waals surface area (Å²) in [6, 6.07) is 5.31. The van der Waals surface area contributed by atoms with Gasteiger partial charge in [0.25, 0.3) is 5.56 Å². The van der Waals surface area contributed by atoms with Crippen molar-refractivity contribution in [2.24, 2.45) is 7.05 Å². The van der Waals surface area contributed by atoms with Crippen LogP contribution in [0.25, 0.3) is 11.0 Å². The molecule has 0 aliphatic heterocycles. The van der Waals surface area contributed by atoms with Crippen LogP contribution in [-0.2, 0) is 13.5 Å². The van der Waals surface area contributed by atoms with Gasteiger partial charge in [0.1, 0.15) is 11.1 Å². The lowest BCUT2D eigenvalue weighted by Gasteiger charge is -2.10. The number of rotatable bonds is 4. The van der Waals surface area contributed by atoms with Crippen molar-refractivity contribution < 1.29 is 9.47 Å². The summed E-state index contributed by atoms with van der Waals surface area (Å²) < 4.78 is 11.8. The predicted octanol–water partition coefficient (Wildman–Crippen LogP) is 0.207. The summed E-state index contributed by atoms with van der Waals surface area (Å²) in [4.78, 5) is 31.1. The van der Waals surface area contributed by atoms with Crippen LogP contribution in [0.3, 0.4) is 0 Å². The van der Waals surface area contributed by atoms with Gasteiger partial charge < -0.3 is 15.2 Å². The average molecular weight is 343 g/mol. The van der Waals surface area contributed by atoms with Gasteiger partial charge in [-0.1, -0.05) is 6.07 Å². The van der Waals surface area contributed by atoms with Crippen molar-refractivity contribution in [3.05, 3.63) is 50.0 Å². The van der Waals surface area contributed by atoms with Crippen LogP contribution in [-0.4, -0.2) is 34.0 Å². The molecule has 0 aliphatic carbocycles. The predicted molar refractivity (Wildman–Crippen MR) is 92.2 cm³/mol. The number of hydrogen-bond donors (Lipinski definition) is 2. The Kier molecular flexibility index (Phi) is 4.14. The minimum Gasteiger partial charge on any atom is -0.493 e. The van der Waals surface area contributed by atoms with Crippen molar-refractivity contribution in [2.75, 3.05) is 20.0 Å². The van der Waals surface area contributed by atoms with Crippen LogP contribution in [0.2, 0.25) is 0 Å². The number of nitrogens with zero attached hydrogens (tertiary/aromatic N) is 3. The van der Waals surface area contributed by atoms with Crippen molar-refractivity contribution in [3.63, 3.8) is 0 Å². The molecule has 0 atom stereocenters. The van der Waals surface area contributed by atoms with E-state index in [1.54, 1.807) is 32.4 Å². The minimum atomic E-state index is -0.584. The molecule has 0 amide bonds. The highest BCUT2D eigenvalue weighted by molar-refractivity contribution is 5.74. The lowest BCUT2D eigenvalue weighted by Crippen LogP contribution is -2.26. The van der Waals surface area contributed by atoms with E-state index in [-0.39, 0.29) is 29.1 Å². The zero-order valence-electron chi connectivity index (χ0n) is 14.0. The Morgan fingerprint density at radius 1 is 1.20 bits per heavy atom. The van der Waals surface area contributed by atoms with Crippen LogP contribution in [0.5, 0.6) is 11.5 Å². The molecule has 9 heteroatoms. The van der Waals surface area contributed by atoms with Gasteiger partial charge in [-0.3, -0.25) is 14.6 Å². The fraction of sp³-hybridized carbons (Fsp3) is 0.250. The zero-order chi connectivity index (χ0) is 18.1. The second kappa shape index (κ2) is 6.27. The van der Waals surface area contributed by atoms with E-state index in [2.05, 4.69) is 15.1 Å². The van der Waals surface area contributed by atoms with E-state index in [1.807, 2.05) is 0 Å². The molecule has 3 rings (SSSR count). The van der Waals surface area contributed by atoms with Gasteiger partial charge in [0.15, 0.2) is 17.1 Å². The number of H-pyrrole nitrogens is 1. The van der Waals surface area contributed by atoms with Crippen LogP contribution in [0.15, 0.2) is 27.8 Å². The Bertz CT molecular complexity index is 1070. The normalized spacial score (nSPS) is 10.8. The Morgan fingerprint density at radius 3 is 2.60 bits per heavy atom. The third kappa shape index (κ3) is 2.91. The quantitative estimate of drug-likeness (QED) is 0.693. The van der Waals surface area contributed by atoms with E-state index in [0.717, 1.165) is 5.56 Å². The number of anilines is 1. The summed E-state index contributed by atoms with van der Waals surface area (Å²) in [7, 11) is 4.68. The van der Waals surface area contributed by atoms with Crippen molar-refractivity contribution >= 4 is 17.0 Å². The summed E-state index contributed by atoms with van der Waals surface area (Å²) >= 11 is 0. The zero-order valence-corrected chi connectivity index (χ0v) is 14.0. The molecule has 0 saturated heterocycles. The van der Waals surface area contributed by atoms with Crippen molar-refractivity contribution in [1.29, 1.82) is 0 Å². The van der Waals surface area contributed by atoms with Gasteiger partial charge in [0, 0.05) is 13.5 Å². The smallest absolute Gasteiger partial charge is 0.265 e. The van der Waals surface area contributed by atoms with Gasteiger partial charge >= 0.3 is 0 Å². The number of nitrogens with one attached hydrogen (secondary N) is 1. The number of hydrogen-bond acceptors (Lipinski definition) is 7. The second-order valence-electron chi connectivity index (χ2n) is 5.42. The highest BCUT2D eigenvalue weighted by Gasteiger charge is 2.15. The molecule has 0 unspecified atom stereocenters.